The first kappa shape index (κ1) is 13.3. The first-order chi connectivity index (χ1) is 10.8. The molecule has 114 valence electrons. The Kier molecular flexibility index (Phi) is 3.29. The molecule has 0 spiro atoms. The second-order valence-electron chi connectivity index (χ2n) is 5.85. The number of carbonyl (C=O) groups is 1. The third-order valence-corrected chi connectivity index (χ3v) is 4.55. The van der Waals surface area contributed by atoms with Crippen molar-refractivity contribution in [1.29, 1.82) is 0 Å². The molecule has 2 aromatic rings. The zero-order valence-corrected chi connectivity index (χ0v) is 12.4. The van der Waals surface area contributed by atoms with Crippen LogP contribution in [-0.2, 0) is 6.42 Å². The smallest absolute Gasteiger partial charge is 0.254 e. The summed E-state index contributed by atoms with van der Waals surface area (Å²) in [7, 11) is 0. The van der Waals surface area contributed by atoms with E-state index in [0.29, 0.717) is 0 Å². The van der Waals surface area contributed by atoms with Crippen LogP contribution in [0.15, 0.2) is 24.7 Å². The SMILES string of the molecule is O=C(c1ccnc2c1CCN2)N1CCCCC1c1ncc[nH]1. The van der Waals surface area contributed by atoms with Gasteiger partial charge in [0.05, 0.1) is 6.04 Å². The number of hydrogen-bond donors (Lipinski definition) is 2. The van der Waals surface area contributed by atoms with Crippen molar-refractivity contribution in [2.75, 3.05) is 18.4 Å². The number of nitrogens with one attached hydrogen (secondary N) is 2. The Morgan fingerprint density at radius 3 is 3.09 bits per heavy atom. The molecule has 1 fully saturated rings. The predicted molar refractivity (Wildman–Crippen MR) is 82.6 cm³/mol. The van der Waals surface area contributed by atoms with E-state index in [9.17, 15) is 4.79 Å². The monoisotopic (exact) mass is 297 g/mol. The average molecular weight is 297 g/mol. The fourth-order valence-corrected chi connectivity index (χ4v) is 3.48. The van der Waals surface area contributed by atoms with Crippen LogP contribution in [-0.4, -0.2) is 38.8 Å². The lowest BCUT2D eigenvalue weighted by Crippen LogP contribution is -2.39. The van der Waals surface area contributed by atoms with Crippen molar-refractivity contribution in [1.82, 2.24) is 19.9 Å². The molecule has 1 amide bonds. The molecular formula is C16H19N5O. The zero-order chi connectivity index (χ0) is 14.9. The Morgan fingerprint density at radius 1 is 1.27 bits per heavy atom. The van der Waals surface area contributed by atoms with Crippen molar-refractivity contribution in [2.45, 2.75) is 31.7 Å². The number of hydrogen-bond acceptors (Lipinski definition) is 4. The lowest BCUT2D eigenvalue weighted by atomic mass is 9.99. The Morgan fingerprint density at radius 2 is 2.23 bits per heavy atom. The molecule has 1 saturated heterocycles. The summed E-state index contributed by atoms with van der Waals surface area (Å²) in [5.41, 5.74) is 1.84. The number of rotatable bonds is 2. The van der Waals surface area contributed by atoms with E-state index in [4.69, 9.17) is 0 Å². The third-order valence-electron chi connectivity index (χ3n) is 4.55. The fourth-order valence-electron chi connectivity index (χ4n) is 3.48. The van der Waals surface area contributed by atoms with Crippen molar-refractivity contribution < 1.29 is 4.79 Å². The van der Waals surface area contributed by atoms with Gasteiger partial charge in [-0.2, -0.15) is 0 Å². The Hall–Kier alpha value is -2.37. The van der Waals surface area contributed by atoms with E-state index in [-0.39, 0.29) is 11.9 Å². The molecule has 2 aromatic heterocycles. The lowest BCUT2D eigenvalue weighted by Gasteiger charge is -2.35. The highest BCUT2D eigenvalue weighted by atomic mass is 16.2. The van der Waals surface area contributed by atoms with Crippen molar-refractivity contribution >= 4 is 11.7 Å². The number of likely N-dealkylation sites (tertiary alicyclic amines) is 1. The van der Waals surface area contributed by atoms with Crippen molar-refractivity contribution in [3.63, 3.8) is 0 Å². The van der Waals surface area contributed by atoms with Crippen molar-refractivity contribution in [3.05, 3.63) is 41.6 Å². The number of amides is 1. The van der Waals surface area contributed by atoms with Gasteiger partial charge in [0.15, 0.2) is 0 Å². The van der Waals surface area contributed by atoms with Crippen LogP contribution in [0.2, 0.25) is 0 Å². The number of pyridine rings is 1. The number of carbonyl (C=O) groups excluding carboxylic acids is 1. The summed E-state index contributed by atoms with van der Waals surface area (Å²) in [4.78, 5) is 26.9. The molecule has 22 heavy (non-hydrogen) atoms. The predicted octanol–water partition coefficient (Wildman–Crippen LogP) is 2.14. The van der Waals surface area contributed by atoms with Gasteiger partial charge in [0.2, 0.25) is 0 Å². The topological polar surface area (TPSA) is 73.9 Å². The van der Waals surface area contributed by atoms with Gasteiger partial charge in [-0.1, -0.05) is 0 Å². The van der Waals surface area contributed by atoms with Crippen molar-refractivity contribution in [2.24, 2.45) is 0 Å². The molecule has 6 heteroatoms. The number of anilines is 1. The van der Waals surface area contributed by atoms with E-state index in [0.717, 1.165) is 61.5 Å². The molecule has 2 aliphatic heterocycles. The Bertz CT molecular complexity index is 682. The van der Waals surface area contributed by atoms with E-state index in [1.54, 1.807) is 12.4 Å². The summed E-state index contributed by atoms with van der Waals surface area (Å²) in [5, 5.41) is 3.24. The maximum atomic E-state index is 13.1. The molecule has 0 bridgehead atoms. The molecule has 6 nitrogen and oxygen atoms in total. The lowest BCUT2D eigenvalue weighted by molar-refractivity contribution is 0.0600. The van der Waals surface area contributed by atoms with Gasteiger partial charge in [0.25, 0.3) is 5.91 Å². The van der Waals surface area contributed by atoms with Gasteiger partial charge >= 0.3 is 0 Å². The van der Waals surface area contributed by atoms with E-state index in [1.807, 2.05) is 17.2 Å². The molecule has 2 aliphatic rings. The molecule has 4 heterocycles. The average Bonchev–Trinajstić information content (AvgIpc) is 3.25. The van der Waals surface area contributed by atoms with Gasteiger partial charge in [-0.3, -0.25) is 4.79 Å². The number of aromatic amines is 1. The molecule has 0 saturated carbocycles. The Labute approximate surface area is 129 Å². The summed E-state index contributed by atoms with van der Waals surface area (Å²) in [6.45, 7) is 1.64. The van der Waals surface area contributed by atoms with Gasteiger partial charge in [0.1, 0.15) is 11.6 Å². The molecular weight excluding hydrogens is 278 g/mol. The summed E-state index contributed by atoms with van der Waals surface area (Å²) in [5.74, 6) is 1.85. The maximum Gasteiger partial charge on any atom is 0.254 e. The summed E-state index contributed by atoms with van der Waals surface area (Å²) < 4.78 is 0. The van der Waals surface area contributed by atoms with Crippen LogP contribution in [0, 0.1) is 0 Å². The number of nitrogens with zero attached hydrogens (tertiary/aromatic N) is 3. The van der Waals surface area contributed by atoms with E-state index in [2.05, 4.69) is 20.3 Å². The minimum atomic E-state index is 0.0504. The summed E-state index contributed by atoms with van der Waals surface area (Å²) in [6, 6.07) is 1.90. The van der Waals surface area contributed by atoms with Crippen LogP contribution in [0.4, 0.5) is 5.82 Å². The third kappa shape index (κ3) is 2.15. The van der Waals surface area contributed by atoms with Crippen LogP contribution >= 0.6 is 0 Å². The highest BCUT2D eigenvalue weighted by Gasteiger charge is 2.32. The second-order valence-corrected chi connectivity index (χ2v) is 5.85. The highest BCUT2D eigenvalue weighted by Crippen LogP contribution is 2.32. The normalized spacial score (nSPS) is 20.5. The first-order valence-corrected chi connectivity index (χ1v) is 7.86. The Balaban J connectivity index is 1.68. The van der Waals surface area contributed by atoms with Crippen molar-refractivity contribution in [3.8, 4) is 0 Å². The molecule has 1 unspecified atom stereocenters. The van der Waals surface area contributed by atoms with Crippen LogP contribution in [0.25, 0.3) is 0 Å². The maximum absolute atomic E-state index is 13.1. The molecule has 4 rings (SSSR count). The molecule has 0 radical (unpaired) electrons. The molecule has 2 N–H and O–H groups in total. The minimum absolute atomic E-state index is 0.0504. The van der Waals surface area contributed by atoms with E-state index in [1.165, 1.54) is 0 Å². The van der Waals surface area contributed by atoms with Crippen LogP contribution in [0.3, 0.4) is 0 Å². The molecule has 0 aliphatic carbocycles. The van der Waals surface area contributed by atoms with Gasteiger partial charge in [0, 0.05) is 42.8 Å². The first-order valence-electron chi connectivity index (χ1n) is 7.86. The largest absolute Gasteiger partial charge is 0.369 e. The van der Waals surface area contributed by atoms with Gasteiger partial charge < -0.3 is 15.2 Å². The number of fused-ring (bicyclic) bond motifs is 1. The highest BCUT2D eigenvalue weighted by molar-refractivity contribution is 5.97. The molecule has 0 aromatic carbocycles. The fraction of sp³-hybridized carbons (Fsp3) is 0.438. The van der Waals surface area contributed by atoms with Gasteiger partial charge in [-0.15, -0.1) is 0 Å². The zero-order valence-electron chi connectivity index (χ0n) is 12.4. The van der Waals surface area contributed by atoms with Crippen LogP contribution in [0.5, 0.6) is 0 Å². The van der Waals surface area contributed by atoms with Gasteiger partial charge in [-0.25, -0.2) is 9.97 Å². The van der Waals surface area contributed by atoms with E-state index >= 15 is 0 Å². The molecule has 1 atom stereocenters. The number of aromatic nitrogens is 3. The standard InChI is InChI=1S/C16H19N5O/c22-16(12-5-7-18-14-11(12)4-6-17-14)21-10-2-1-3-13(21)15-19-8-9-20-15/h5,7-9,13H,1-4,6,10H2,(H,17,18)(H,19,20). The van der Waals surface area contributed by atoms with Gasteiger partial charge in [-0.05, 0) is 31.7 Å². The van der Waals surface area contributed by atoms with Crippen LogP contribution in [0.1, 0.15) is 47.1 Å². The number of piperidine rings is 1. The summed E-state index contributed by atoms with van der Waals surface area (Å²) >= 11 is 0. The number of H-pyrrole nitrogens is 1. The van der Waals surface area contributed by atoms with E-state index < -0.39 is 0 Å². The quantitative estimate of drug-likeness (QED) is 0.890. The summed E-state index contributed by atoms with van der Waals surface area (Å²) in [6.07, 6.45) is 9.30. The minimum Gasteiger partial charge on any atom is -0.369 e. The van der Waals surface area contributed by atoms with Crippen LogP contribution < -0.4 is 5.32 Å². The second kappa shape index (κ2) is 5.44. The number of imidazole rings is 1.